The Morgan fingerprint density at radius 3 is 2.71 bits per heavy atom. The summed E-state index contributed by atoms with van der Waals surface area (Å²) >= 11 is 0. The molecule has 0 heterocycles. The van der Waals surface area contributed by atoms with Crippen molar-refractivity contribution in [3.8, 4) is 0 Å². The second-order valence-electron chi connectivity index (χ2n) is 9.42. The zero-order valence-corrected chi connectivity index (χ0v) is 18.4. The third-order valence-electron chi connectivity index (χ3n) is 7.89. The molecule has 0 aromatic heterocycles. The van der Waals surface area contributed by atoms with Crippen LogP contribution in [0.2, 0.25) is 0 Å². The molecule has 5 rings (SSSR count). The molecule has 0 spiro atoms. The van der Waals surface area contributed by atoms with Gasteiger partial charge in [0.2, 0.25) is 0 Å². The minimum atomic E-state index is -0.398. The van der Waals surface area contributed by atoms with Gasteiger partial charge in [-0.3, -0.25) is 4.79 Å². The van der Waals surface area contributed by atoms with Crippen LogP contribution in [0.3, 0.4) is 0 Å². The lowest BCUT2D eigenvalue weighted by Crippen LogP contribution is -2.47. The molecule has 31 heavy (non-hydrogen) atoms. The zero-order chi connectivity index (χ0) is 21.3. The molecule has 2 fully saturated rings. The number of Topliss-reactive ketones (excluding diaryl/α,β-unsaturated/α-hetero) is 1. The highest BCUT2D eigenvalue weighted by Gasteiger charge is 2.59. The fourth-order valence-electron chi connectivity index (χ4n) is 6.47. The molecule has 3 heteroatoms. The van der Waals surface area contributed by atoms with Crippen LogP contribution in [0.4, 0.5) is 0 Å². The van der Waals surface area contributed by atoms with Crippen LogP contribution in [-0.2, 0) is 27.3 Å². The van der Waals surface area contributed by atoms with E-state index in [0.717, 1.165) is 36.8 Å². The molecule has 3 nitrogen and oxygen atoms in total. The SMILES string of the molecule is CCOC=C1C[C@H]2[C@@H]3CCc4ccccc4[C@H]3CC[C@]2(COCc2ccccc2)C1=O. The number of ketones is 1. The zero-order valence-electron chi connectivity index (χ0n) is 18.4. The van der Waals surface area contributed by atoms with E-state index in [-0.39, 0.29) is 5.78 Å². The number of fused-ring (bicyclic) bond motifs is 5. The molecule has 2 aromatic rings. The maximum absolute atomic E-state index is 13.7. The Morgan fingerprint density at radius 2 is 1.87 bits per heavy atom. The Morgan fingerprint density at radius 1 is 1.06 bits per heavy atom. The lowest BCUT2D eigenvalue weighted by atomic mass is 9.55. The number of benzene rings is 2. The quantitative estimate of drug-likeness (QED) is 0.438. The lowest BCUT2D eigenvalue weighted by molar-refractivity contribution is -0.135. The highest BCUT2D eigenvalue weighted by molar-refractivity contribution is 6.02. The lowest BCUT2D eigenvalue weighted by Gasteiger charge is -2.49. The van der Waals surface area contributed by atoms with Crippen molar-refractivity contribution in [3.63, 3.8) is 0 Å². The minimum absolute atomic E-state index is 0.274. The monoisotopic (exact) mass is 416 g/mol. The van der Waals surface area contributed by atoms with Crippen LogP contribution in [0.1, 0.15) is 55.2 Å². The summed E-state index contributed by atoms with van der Waals surface area (Å²) in [6.45, 7) is 3.64. The van der Waals surface area contributed by atoms with Crippen molar-refractivity contribution in [1.82, 2.24) is 0 Å². The van der Waals surface area contributed by atoms with Crippen molar-refractivity contribution in [3.05, 3.63) is 83.1 Å². The molecular formula is C28H32O3. The third kappa shape index (κ3) is 3.63. The number of carbonyl (C=O) groups is 1. The summed E-state index contributed by atoms with van der Waals surface area (Å²) in [6.07, 6.45) is 6.84. The molecular weight excluding hydrogens is 384 g/mol. The summed E-state index contributed by atoms with van der Waals surface area (Å²) in [5.74, 6) is 1.72. The van der Waals surface area contributed by atoms with Gasteiger partial charge in [-0.15, -0.1) is 0 Å². The van der Waals surface area contributed by atoms with Gasteiger partial charge in [-0.25, -0.2) is 0 Å². The highest BCUT2D eigenvalue weighted by atomic mass is 16.5. The largest absolute Gasteiger partial charge is 0.501 e. The van der Waals surface area contributed by atoms with Crippen molar-refractivity contribution < 1.29 is 14.3 Å². The van der Waals surface area contributed by atoms with Crippen molar-refractivity contribution in [2.24, 2.45) is 17.3 Å². The first kappa shape index (κ1) is 20.5. The first-order valence-corrected chi connectivity index (χ1v) is 11.8. The van der Waals surface area contributed by atoms with Crippen LogP contribution in [0.5, 0.6) is 0 Å². The van der Waals surface area contributed by atoms with Crippen LogP contribution < -0.4 is 0 Å². The minimum Gasteiger partial charge on any atom is -0.501 e. The average Bonchev–Trinajstić information content (AvgIpc) is 3.10. The van der Waals surface area contributed by atoms with Crippen molar-refractivity contribution in [2.75, 3.05) is 13.2 Å². The van der Waals surface area contributed by atoms with Crippen LogP contribution in [0.15, 0.2) is 66.4 Å². The van der Waals surface area contributed by atoms with Gasteiger partial charge in [0.05, 0.1) is 31.5 Å². The van der Waals surface area contributed by atoms with Crippen LogP contribution in [0.25, 0.3) is 0 Å². The molecule has 0 radical (unpaired) electrons. The standard InChI is InChI=1S/C28H32O3/c1-2-30-18-22-16-26-25-13-12-21-10-6-7-11-23(21)24(25)14-15-28(26,27(22)29)19-31-17-20-8-4-3-5-9-20/h3-11,18,24-26H,2,12-17,19H2,1H3/t24-,25-,26+,28-/m1/s1. The Bertz CT molecular complexity index is 963. The predicted molar refractivity (Wildman–Crippen MR) is 122 cm³/mol. The fraction of sp³-hybridized carbons (Fsp3) is 0.464. The molecule has 3 aliphatic carbocycles. The number of hydrogen-bond acceptors (Lipinski definition) is 3. The summed E-state index contributed by atoms with van der Waals surface area (Å²) < 4.78 is 11.8. The molecule has 3 aliphatic rings. The van der Waals surface area contributed by atoms with E-state index in [1.165, 1.54) is 17.5 Å². The first-order chi connectivity index (χ1) is 15.2. The van der Waals surface area contributed by atoms with Gasteiger partial charge < -0.3 is 9.47 Å². The number of allylic oxidation sites excluding steroid dienone is 1. The molecule has 2 saturated carbocycles. The molecule has 0 bridgehead atoms. The smallest absolute Gasteiger partial charge is 0.170 e. The number of rotatable bonds is 6. The fourth-order valence-corrected chi connectivity index (χ4v) is 6.47. The third-order valence-corrected chi connectivity index (χ3v) is 7.89. The molecule has 0 unspecified atom stereocenters. The van der Waals surface area contributed by atoms with Gasteiger partial charge >= 0.3 is 0 Å². The highest BCUT2D eigenvalue weighted by Crippen LogP contribution is 2.61. The Kier molecular flexibility index (Phi) is 5.71. The Hall–Kier alpha value is -2.39. The van der Waals surface area contributed by atoms with Crippen LogP contribution in [0, 0.1) is 17.3 Å². The van der Waals surface area contributed by atoms with E-state index in [4.69, 9.17) is 9.47 Å². The number of carbonyl (C=O) groups excluding carboxylic acids is 1. The van der Waals surface area contributed by atoms with Crippen molar-refractivity contribution >= 4 is 5.78 Å². The van der Waals surface area contributed by atoms with Gasteiger partial charge in [-0.1, -0.05) is 54.6 Å². The van der Waals surface area contributed by atoms with E-state index in [2.05, 4.69) is 36.4 Å². The molecule has 0 aliphatic heterocycles. The normalized spacial score (nSPS) is 30.5. The summed E-state index contributed by atoms with van der Waals surface area (Å²) in [5, 5.41) is 0. The molecule has 4 atom stereocenters. The second-order valence-corrected chi connectivity index (χ2v) is 9.42. The Balaban J connectivity index is 1.42. The van der Waals surface area contributed by atoms with E-state index in [1.807, 2.05) is 25.1 Å². The van der Waals surface area contributed by atoms with Gasteiger partial charge in [0.25, 0.3) is 0 Å². The van der Waals surface area contributed by atoms with Crippen molar-refractivity contribution in [1.29, 1.82) is 0 Å². The van der Waals surface area contributed by atoms with E-state index in [0.29, 0.717) is 37.6 Å². The van der Waals surface area contributed by atoms with E-state index < -0.39 is 5.41 Å². The van der Waals surface area contributed by atoms with E-state index in [1.54, 1.807) is 6.26 Å². The molecule has 162 valence electrons. The van der Waals surface area contributed by atoms with Gasteiger partial charge in [0.1, 0.15) is 0 Å². The summed E-state index contributed by atoms with van der Waals surface area (Å²) in [7, 11) is 0. The first-order valence-electron chi connectivity index (χ1n) is 11.8. The summed E-state index contributed by atoms with van der Waals surface area (Å²) in [6, 6.07) is 19.2. The average molecular weight is 417 g/mol. The van der Waals surface area contributed by atoms with Crippen molar-refractivity contribution in [2.45, 2.75) is 51.6 Å². The maximum Gasteiger partial charge on any atom is 0.170 e. The van der Waals surface area contributed by atoms with Gasteiger partial charge in [-0.2, -0.15) is 0 Å². The topological polar surface area (TPSA) is 35.5 Å². The Labute approximate surface area is 185 Å². The maximum atomic E-state index is 13.7. The summed E-state index contributed by atoms with van der Waals surface area (Å²) in [5.41, 5.74) is 4.66. The van der Waals surface area contributed by atoms with Crippen LogP contribution in [-0.4, -0.2) is 19.0 Å². The van der Waals surface area contributed by atoms with E-state index in [9.17, 15) is 4.79 Å². The molecule has 0 amide bonds. The number of hydrogen-bond donors (Lipinski definition) is 0. The van der Waals surface area contributed by atoms with Gasteiger partial charge in [0.15, 0.2) is 5.78 Å². The molecule has 0 saturated heterocycles. The molecule has 0 N–H and O–H groups in total. The van der Waals surface area contributed by atoms with Gasteiger partial charge in [0, 0.05) is 5.57 Å². The number of ether oxygens (including phenoxy) is 2. The molecule has 2 aromatic carbocycles. The van der Waals surface area contributed by atoms with E-state index >= 15 is 0 Å². The van der Waals surface area contributed by atoms with Crippen LogP contribution >= 0.6 is 0 Å². The number of aryl methyl sites for hydroxylation is 1. The second kappa shape index (κ2) is 8.63. The summed E-state index contributed by atoms with van der Waals surface area (Å²) in [4.78, 5) is 13.7. The van der Waals surface area contributed by atoms with Gasteiger partial charge in [-0.05, 0) is 73.5 Å². The predicted octanol–water partition coefficient (Wildman–Crippen LogP) is 5.84.